The molecular weight excluding hydrogens is 295 g/mol. The van der Waals surface area contributed by atoms with E-state index < -0.39 is 11.7 Å². The fourth-order valence-electron chi connectivity index (χ4n) is 2.71. The topological polar surface area (TPSA) is 40.6 Å². The fourth-order valence-corrected chi connectivity index (χ4v) is 2.71. The predicted molar refractivity (Wildman–Crippen MR) is 86.4 cm³/mol. The van der Waals surface area contributed by atoms with Crippen molar-refractivity contribution in [1.82, 2.24) is 9.80 Å². The van der Waals surface area contributed by atoms with E-state index in [0.29, 0.717) is 25.2 Å². The summed E-state index contributed by atoms with van der Waals surface area (Å²) in [6, 6.07) is 5.57. The Bertz CT molecular complexity index is 616. The monoisotopic (exact) mass is 316 g/mol. The molecule has 122 valence electrons. The van der Waals surface area contributed by atoms with E-state index in [0.717, 1.165) is 13.1 Å². The third kappa shape index (κ3) is 4.64. The first-order valence-electron chi connectivity index (χ1n) is 7.74. The molecule has 0 radical (unpaired) electrons. The number of rotatable bonds is 5. The molecule has 1 aromatic carbocycles. The molecule has 1 aliphatic rings. The second-order valence-electron chi connectivity index (χ2n) is 5.84. The minimum absolute atomic E-state index is 0.0323. The quantitative estimate of drug-likeness (QED) is 0.614. The van der Waals surface area contributed by atoms with Crippen molar-refractivity contribution in [3.63, 3.8) is 0 Å². The first kappa shape index (κ1) is 17.2. The highest BCUT2D eigenvalue weighted by atomic mass is 19.1. The maximum absolute atomic E-state index is 13.2. The van der Waals surface area contributed by atoms with Gasteiger partial charge >= 0.3 is 0 Å². The van der Waals surface area contributed by atoms with Gasteiger partial charge in [-0.2, -0.15) is 0 Å². The standard InChI is InChI=1S/C18H21FN2O2/c1-3-7-20-8-10-21(11-9-20)18(23)14(2)12-17(22)15-5-4-6-16(19)13-15/h1,4-6,13-14H,7-12H2,2H3. The van der Waals surface area contributed by atoms with Crippen LogP contribution >= 0.6 is 0 Å². The third-order valence-electron chi connectivity index (χ3n) is 4.06. The summed E-state index contributed by atoms with van der Waals surface area (Å²) in [5.74, 6) is 1.50. The zero-order valence-electron chi connectivity index (χ0n) is 13.3. The molecular formula is C18H21FN2O2. The second-order valence-corrected chi connectivity index (χ2v) is 5.84. The van der Waals surface area contributed by atoms with Crippen molar-refractivity contribution >= 4 is 11.7 Å². The van der Waals surface area contributed by atoms with E-state index in [4.69, 9.17) is 6.42 Å². The highest BCUT2D eigenvalue weighted by molar-refractivity contribution is 5.98. The van der Waals surface area contributed by atoms with Crippen molar-refractivity contribution in [2.24, 2.45) is 5.92 Å². The van der Waals surface area contributed by atoms with Gasteiger partial charge in [-0.15, -0.1) is 6.42 Å². The van der Waals surface area contributed by atoms with E-state index in [-0.39, 0.29) is 18.1 Å². The lowest BCUT2D eigenvalue weighted by Crippen LogP contribution is -2.50. The summed E-state index contributed by atoms with van der Waals surface area (Å²) < 4.78 is 13.2. The number of carbonyl (C=O) groups is 2. The summed E-state index contributed by atoms with van der Waals surface area (Å²) in [7, 11) is 0. The molecule has 23 heavy (non-hydrogen) atoms. The van der Waals surface area contributed by atoms with Crippen LogP contribution < -0.4 is 0 Å². The molecule has 1 atom stereocenters. The molecule has 0 saturated carbocycles. The van der Waals surface area contributed by atoms with Gasteiger partial charge in [-0.05, 0) is 12.1 Å². The van der Waals surface area contributed by atoms with Crippen LogP contribution in [0, 0.1) is 24.1 Å². The van der Waals surface area contributed by atoms with Gasteiger partial charge in [0.15, 0.2) is 5.78 Å². The van der Waals surface area contributed by atoms with Crippen molar-refractivity contribution in [3.8, 4) is 12.3 Å². The SMILES string of the molecule is C#CCN1CCN(C(=O)C(C)CC(=O)c2cccc(F)c2)CC1. The molecule has 1 saturated heterocycles. The normalized spacial score (nSPS) is 16.7. The predicted octanol–water partition coefficient (Wildman–Crippen LogP) is 1.81. The number of hydrogen-bond acceptors (Lipinski definition) is 3. The Labute approximate surface area is 136 Å². The van der Waals surface area contributed by atoms with Gasteiger partial charge in [0.1, 0.15) is 5.82 Å². The Hall–Kier alpha value is -2.19. The lowest BCUT2D eigenvalue weighted by Gasteiger charge is -2.35. The van der Waals surface area contributed by atoms with Gasteiger partial charge in [0.2, 0.25) is 5.91 Å². The minimum atomic E-state index is -0.445. The summed E-state index contributed by atoms with van der Waals surface area (Å²) in [4.78, 5) is 28.5. The van der Waals surface area contributed by atoms with E-state index in [9.17, 15) is 14.0 Å². The van der Waals surface area contributed by atoms with Crippen molar-refractivity contribution in [2.45, 2.75) is 13.3 Å². The average Bonchev–Trinajstić information content (AvgIpc) is 2.55. The number of Topliss-reactive ketones (excluding diaryl/α,β-unsaturated/α-hetero) is 1. The highest BCUT2D eigenvalue weighted by Gasteiger charge is 2.26. The summed E-state index contributed by atoms with van der Waals surface area (Å²) in [5, 5.41) is 0. The first-order chi connectivity index (χ1) is 11.0. The summed E-state index contributed by atoms with van der Waals surface area (Å²) in [6.07, 6.45) is 5.38. The number of benzene rings is 1. The zero-order valence-corrected chi connectivity index (χ0v) is 13.3. The Morgan fingerprint density at radius 2 is 2.00 bits per heavy atom. The highest BCUT2D eigenvalue weighted by Crippen LogP contribution is 2.15. The number of piperazine rings is 1. The largest absolute Gasteiger partial charge is 0.340 e. The van der Waals surface area contributed by atoms with Crippen molar-refractivity contribution in [2.75, 3.05) is 32.7 Å². The van der Waals surface area contributed by atoms with Gasteiger partial charge in [0.25, 0.3) is 0 Å². The molecule has 1 unspecified atom stereocenters. The minimum Gasteiger partial charge on any atom is -0.340 e. The van der Waals surface area contributed by atoms with Crippen molar-refractivity contribution in [1.29, 1.82) is 0 Å². The zero-order chi connectivity index (χ0) is 16.8. The van der Waals surface area contributed by atoms with Crippen LogP contribution in [0.1, 0.15) is 23.7 Å². The van der Waals surface area contributed by atoms with Gasteiger partial charge in [-0.3, -0.25) is 14.5 Å². The van der Waals surface area contributed by atoms with Crippen molar-refractivity contribution in [3.05, 3.63) is 35.6 Å². The lowest BCUT2D eigenvalue weighted by molar-refractivity contribution is -0.136. The molecule has 1 fully saturated rings. The number of carbonyl (C=O) groups excluding carboxylic acids is 2. The van der Waals surface area contributed by atoms with Gasteiger partial charge in [0, 0.05) is 44.1 Å². The van der Waals surface area contributed by atoms with E-state index >= 15 is 0 Å². The molecule has 5 heteroatoms. The van der Waals surface area contributed by atoms with Crippen molar-refractivity contribution < 1.29 is 14.0 Å². The molecule has 2 rings (SSSR count). The molecule has 0 bridgehead atoms. The maximum Gasteiger partial charge on any atom is 0.225 e. The Kier molecular flexibility index (Phi) is 5.89. The summed E-state index contributed by atoms with van der Waals surface area (Å²) in [5.41, 5.74) is 0.309. The number of hydrogen-bond donors (Lipinski definition) is 0. The summed E-state index contributed by atoms with van der Waals surface area (Å²) >= 11 is 0. The molecule has 1 aromatic rings. The Balaban J connectivity index is 1.88. The molecule has 0 aromatic heterocycles. The van der Waals surface area contributed by atoms with Crippen LogP contribution in [0.3, 0.4) is 0 Å². The van der Waals surface area contributed by atoms with E-state index in [2.05, 4.69) is 10.8 Å². The Morgan fingerprint density at radius 3 is 2.61 bits per heavy atom. The molecule has 1 amide bonds. The van der Waals surface area contributed by atoms with Gasteiger partial charge < -0.3 is 4.90 Å². The van der Waals surface area contributed by atoms with Gasteiger partial charge in [-0.1, -0.05) is 25.0 Å². The third-order valence-corrected chi connectivity index (χ3v) is 4.06. The number of ketones is 1. The van der Waals surface area contributed by atoms with Crippen LogP contribution in [0.25, 0.3) is 0 Å². The molecule has 4 nitrogen and oxygen atoms in total. The fraction of sp³-hybridized carbons (Fsp3) is 0.444. The number of halogens is 1. The number of terminal acetylenes is 1. The second kappa shape index (κ2) is 7.89. The van der Waals surface area contributed by atoms with Crippen LogP contribution in [-0.4, -0.2) is 54.2 Å². The molecule has 1 heterocycles. The Morgan fingerprint density at radius 1 is 1.30 bits per heavy atom. The number of nitrogens with zero attached hydrogens (tertiary/aromatic N) is 2. The van der Waals surface area contributed by atoms with Gasteiger partial charge in [-0.25, -0.2) is 4.39 Å². The van der Waals surface area contributed by atoms with E-state index in [1.807, 2.05) is 0 Å². The number of amides is 1. The van der Waals surface area contributed by atoms with Crippen LogP contribution in [0.15, 0.2) is 24.3 Å². The molecule has 0 N–H and O–H groups in total. The molecule has 0 spiro atoms. The first-order valence-corrected chi connectivity index (χ1v) is 7.74. The van der Waals surface area contributed by atoms with E-state index in [1.54, 1.807) is 17.9 Å². The van der Waals surface area contributed by atoms with Crippen LogP contribution in [0.4, 0.5) is 4.39 Å². The van der Waals surface area contributed by atoms with Gasteiger partial charge in [0.05, 0.1) is 6.54 Å². The van der Waals surface area contributed by atoms with E-state index in [1.165, 1.54) is 18.2 Å². The van der Waals surface area contributed by atoms with Crippen LogP contribution in [-0.2, 0) is 4.79 Å². The molecule has 1 aliphatic heterocycles. The van der Waals surface area contributed by atoms with Crippen LogP contribution in [0.2, 0.25) is 0 Å². The molecule has 0 aliphatic carbocycles. The summed E-state index contributed by atoms with van der Waals surface area (Å²) in [6.45, 7) is 5.09. The maximum atomic E-state index is 13.2. The smallest absolute Gasteiger partial charge is 0.225 e. The lowest BCUT2D eigenvalue weighted by atomic mass is 9.98. The van der Waals surface area contributed by atoms with Crippen LogP contribution in [0.5, 0.6) is 0 Å². The average molecular weight is 316 g/mol.